The Balaban J connectivity index is 3.16. The Hall–Kier alpha value is -0.830. The van der Waals surface area contributed by atoms with Crippen LogP contribution < -0.4 is 5.32 Å². The molecule has 3 heteroatoms. The van der Waals surface area contributed by atoms with Crippen molar-refractivity contribution in [2.45, 2.75) is 32.6 Å². The fraction of sp³-hybridized carbons (Fsp3) is 0.700. The molecule has 0 atom stereocenters. The highest BCUT2D eigenvalue weighted by atomic mass is 16.4. The second kappa shape index (κ2) is 7.80. The van der Waals surface area contributed by atoms with Crippen LogP contribution in [0.25, 0.3) is 0 Å². The van der Waals surface area contributed by atoms with Gasteiger partial charge in [0.05, 0.1) is 0 Å². The van der Waals surface area contributed by atoms with Crippen molar-refractivity contribution in [3.63, 3.8) is 0 Å². The van der Waals surface area contributed by atoms with E-state index in [0.29, 0.717) is 12.0 Å². The van der Waals surface area contributed by atoms with Crippen LogP contribution in [0.4, 0.5) is 0 Å². The minimum Gasteiger partial charge on any atom is -0.478 e. The van der Waals surface area contributed by atoms with E-state index in [9.17, 15) is 4.79 Å². The van der Waals surface area contributed by atoms with E-state index in [1.54, 1.807) is 0 Å². The predicted octanol–water partition coefficient (Wildman–Crippen LogP) is 1.80. The number of unbranched alkanes of at least 4 members (excludes halogenated alkanes) is 1. The van der Waals surface area contributed by atoms with Gasteiger partial charge >= 0.3 is 5.97 Å². The van der Waals surface area contributed by atoms with Gasteiger partial charge in [-0.1, -0.05) is 19.9 Å². The quantitative estimate of drug-likeness (QED) is 0.448. The summed E-state index contributed by atoms with van der Waals surface area (Å²) in [6.45, 7) is 7.51. The third kappa shape index (κ3) is 7.53. The Morgan fingerprint density at radius 3 is 2.54 bits per heavy atom. The summed E-state index contributed by atoms with van der Waals surface area (Å²) < 4.78 is 0. The van der Waals surface area contributed by atoms with Crippen molar-refractivity contribution < 1.29 is 9.90 Å². The summed E-state index contributed by atoms with van der Waals surface area (Å²) in [7, 11) is 0. The van der Waals surface area contributed by atoms with Crippen molar-refractivity contribution in [3.05, 3.63) is 12.2 Å². The van der Waals surface area contributed by atoms with Gasteiger partial charge in [-0.05, 0) is 32.4 Å². The maximum Gasteiger partial charge on any atom is 0.330 e. The summed E-state index contributed by atoms with van der Waals surface area (Å²) in [6, 6.07) is 0. The van der Waals surface area contributed by atoms with Crippen LogP contribution in [-0.2, 0) is 4.79 Å². The largest absolute Gasteiger partial charge is 0.478 e. The first-order valence-corrected chi connectivity index (χ1v) is 4.80. The van der Waals surface area contributed by atoms with Crippen molar-refractivity contribution in [2.75, 3.05) is 13.1 Å². The van der Waals surface area contributed by atoms with E-state index < -0.39 is 5.97 Å². The zero-order valence-corrected chi connectivity index (χ0v) is 8.31. The molecule has 0 aromatic rings. The highest BCUT2D eigenvalue weighted by Gasteiger charge is 2.01. The molecule has 0 aliphatic carbocycles. The molecular weight excluding hydrogens is 166 g/mol. The molecule has 13 heavy (non-hydrogen) atoms. The van der Waals surface area contributed by atoms with Crippen molar-refractivity contribution in [2.24, 2.45) is 0 Å². The maximum absolute atomic E-state index is 10.3. The van der Waals surface area contributed by atoms with Crippen molar-refractivity contribution in [1.82, 2.24) is 5.32 Å². The second-order valence-electron chi connectivity index (χ2n) is 3.12. The van der Waals surface area contributed by atoms with Crippen LogP contribution in [0.5, 0.6) is 0 Å². The molecule has 0 bridgehead atoms. The van der Waals surface area contributed by atoms with Crippen LogP contribution in [-0.4, -0.2) is 24.2 Å². The Morgan fingerprint density at radius 1 is 1.38 bits per heavy atom. The first-order valence-electron chi connectivity index (χ1n) is 4.80. The molecule has 0 aromatic carbocycles. The average molecular weight is 185 g/mol. The Kier molecular flexibility index (Phi) is 7.30. The molecule has 76 valence electrons. The number of carboxylic acids is 1. The fourth-order valence-corrected chi connectivity index (χ4v) is 0.960. The highest BCUT2D eigenvalue weighted by Crippen LogP contribution is 2.00. The van der Waals surface area contributed by atoms with E-state index in [2.05, 4.69) is 18.8 Å². The van der Waals surface area contributed by atoms with Gasteiger partial charge in [-0.2, -0.15) is 0 Å². The third-order valence-electron chi connectivity index (χ3n) is 1.84. The zero-order chi connectivity index (χ0) is 10.1. The third-order valence-corrected chi connectivity index (χ3v) is 1.84. The van der Waals surface area contributed by atoms with Crippen LogP contribution >= 0.6 is 0 Å². The van der Waals surface area contributed by atoms with Gasteiger partial charge in [0.25, 0.3) is 0 Å². The first-order chi connectivity index (χ1) is 6.18. The summed E-state index contributed by atoms with van der Waals surface area (Å²) >= 11 is 0. The van der Waals surface area contributed by atoms with Crippen LogP contribution in [0.2, 0.25) is 0 Å². The molecule has 3 nitrogen and oxygen atoms in total. The van der Waals surface area contributed by atoms with E-state index in [4.69, 9.17) is 5.11 Å². The van der Waals surface area contributed by atoms with E-state index in [0.717, 1.165) is 19.5 Å². The molecule has 0 unspecified atom stereocenters. The summed E-state index contributed by atoms with van der Waals surface area (Å²) in [5.41, 5.74) is 0.303. The number of hydrogen-bond acceptors (Lipinski definition) is 2. The van der Waals surface area contributed by atoms with Crippen LogP contribution in [0.3, 0.4) is 0 Å². The van der Waals surface area contributed by atoms with Gasteiger partial charge in [0.1, 0.15) is 0 Å². The monoisotopic (exact) mass is 185 g/mol. The highest BCUT2D eigenvalue weighted by molar-refractivity contribution is 5.85. The molecule has 0 aromatic heterocycles. The van der Waals surface area contributed by atoms with Crippen LogP contribution in [0.1, 0.15) is 32.6 Å². The van der Waals surface area contributed by atoms with Crippen LogP contribution in [0.15, 0.2) is 12.2 Å². The van der Waals surface area contributed by atoms with E-state index in [1.165, 1.54) is 12.8 Å². The average Bonchev–Trinajstić information content (AvgIpc) is 2.10. The number of aliphatic carboxylic acids is 1. The molecule has 0 saturated heterocycles. The molecule has 0 spiro atoms. The lowest BCUT2D eigenvalue weighted by Crippen LogP contribution is -2.16. The lowest BCUT2D eigenvalue weighted by molar-refractivity contribution is -0.132. The molecule has 0 aliphatic rings. The predicted molar refractivity (Wildman–Crippen MR) is 53.8 cm³/mol. The number of carboxylic acid groups (broad SMARTS) is 1. The summed E-state index contributed by atoms with van der Waals surface area (Å²) in [6.07, 6.45) is 3.80. The Labute approximate surface area is 79.8 Å². The molecule has 0 fully saturated rings. The molecule has 2 N–H and O–H groups in total. The number of hydrogen-bond donors (Lipinski definition) is 2. The number of carbonyl (C=O) groups is 1. The maximum atomic E-state index is 10.3. The van der Waals surface area contributed by atoms with E-state index >= 15 is 0 Å². The fourth-order valence-electron chi connectivity index (χ4n) is 0.960. The summed E-state index contributed by atoms with van der Waals surface area (Å²) in [4.78, 5) is 10.3. The second-order valence-corrected chi connectivity index (χ2v) is 3.12. The normalized spacial score (nSPS) is 9.92. The van der Waals surface area contributed by atoms with Gasteiger partial charge in [-0.25, -0.2) is 4.79 Å². The lowest BCUT2D eigenvalue weighted by atomic mass is 10.1. The molecule has 0 amide bonds. The van der Waals surface area contributed by atoms with Crippen molar-refractivity contribution in [1.29, 1.82) is 0 Å². The molecule has 0 radical (unpaired) electrons. The van der Waals surface area contributed by atoms with Gasteiger partial charge in [-0.3, -0.25) is 0 Å². The Morgan fingerprint density at radius 2 is 2.00 bits per heavy atom. The molecular formula is C10H19NO2. The smallest absolute Gasteiger partial charge is 0.330 e. The van der Waals surface area contributed by atoms with Crippen molar-refractivity contribution >= 4 is 5.97 Å². The standard InChI is InChI=1S/C10H19NO2/c1-3-4-7-11-8-5-6-9(2)10(12)13/h11H,2-8H2,1H3,(H,12,13). The number of nitrogens with one attached hydrogen (secondary N) is 1. The van der Waals surface area contributed by atoms with E-state index in [1.807, 2.05) is 0 Å². The van der Waals surface area contributed by atoms with E-state index in [-0.39, 0.29) is 0 Å². The molecule has 0 heterocycles. The molecule has 0 aliphatic heterocycles. The molecule has 0 saturated carbocycles. The van der Waals surface area contributed by atoms with Gasteiger partial charge in [0.15, 0.2) is 0 Å². The first kappa shape index (κ1) is 12.2. The SMILES string of the molecule is C=C(CCCNCCCC)C(=O)O. The van der Waals surface area contributed by atoms with Gasteiger partial charge < -0.3 is 10.4 Å². The number of rotatable bonds is 8. The van der Waals surface area contributed by atoms with Crippen LogP contribution in [0, 0.1) is 0 Å². The minimum absolute atomic E-state index is 0.303. The summed E-state index contributed by atoms with van der Waals surface area (Å²) in [5.74, 6) is -0.881. The molecule has 0 rings (SSSR count). The van der Waals surface area contributed by atoms with Gasteiger partial charge in [0, 0.05) is 5.57 Å². The van der Waals surface area contributed by atoms with Gasteiger partial charge in [0.2, 0.25) is 0 Å². The minimum atomic E-state index is -0.881. The topological polar surface area (TPSA) is 49.3 Å². The summed E-state index contributed by atoms with van der Waals surface area (Å²) in [5, 5.41) is 11.7. The zero-order valence-electron chi connectivity index (χ0n) is 8.31. The van der Waals surface area contributed by atoms with Gasteiger partial charge in [-0.15, -0.1) is 0 Å². The Bertz CT molecular complexity index is 166. The van der Waals surface area contributed by atoms with Crippen molar-refractivity contribution in [3.8, 4) is 0 Å². The lowest BCUT2D eigenvalue weighted by Gasteiger charge is -2.03.